The third-order valence-corrected chi connectivity index (χ3v) is 2.73. The number of aromatic amines is 1. The number of hydrogen-bond acceptors (Lipinski definition) is 4. The van der Waals surface area contributed by atoms with E-state index in [4.69, 9.17) is 0 Å². The highest BCUT2D eigenvalue weighted by Gasteiger charge is 2.14. The standard InChI is InChI=1S/C12H17N5/c1-3-9(8-13-2)11-15-12(17-16-11)10-6-4-5-7-14-10/h4-7,9,13H,3,8H2,1-2H3,(H,15,16,17). The van der Waals surface area contributed by atoms with Crippen molar-refractivity contribution >= 4 is 0 Å². The second-order valence-electron chi connectivity index (χ2n) is 3.92. The number of H-pyrrole nitrogens is 1. The Kier molecular flexibility index (Phi) is 3.82. The van der Waals surface area contributed by atoms with Crippen molar-refractivity contribution in [3.63, 3.8) is 0 Å². The van der Waals surface area contributed by atoms with Gasteiger partial charge in [-0.25, -0.2) is 4.98 Å². The Bertz CT molecular complexity index is 451. The van der Waals surface area contributed by atoms with Crippen molar-refractivity contribution in [1.29, 1.82) is 0 Å². The van der Waals surface area contributed by atoms with Crippen LogP contribution in [0.5, 0.6) is 0 Å². The lowest BCUT2D eigenvalue weighted by atomic mass is 10.1. The summed E-state index contributed by atoms with van der Waals surface area (Å²) in [6.45, 7) is 3.04. The normalized spacial score (nSPS) is 12.6. The summed E-state index contributed by atoms with van der Waals surface area (Å²) in [6.07, 6.45) is 2.77. The maximum absolute atomic E-state index is 4.50. The third kappa shape index (κ3) is 2.68. The molecule has 2 rings (SSSR count). The topological polar surface area (TPSA) is 66.5 Å². The lowest BCUT2D eigenvalue weighted by molar-refractivity contribution is 0.582. The molecule has 0 aliphatic rings. The molecule has 2 aromatic rings. The van der Waals surface area contributed by atoms with E-state index in [0.717, 1.165) is 24.5 Å². The largest absolute Gasteiger partial charge is 0.319 e. The van der Waals surface area contributed by atoms with Gasteiger partial charge in [0.1, 0.15) is 11.5 Å². The number of nitrogens with one attached hydrogen (secondary N) is 2. The first-order valence-electron chi connectivity index (χ1n) is 5.83. The molecule has 1 atom stereocenters. The van der Waals surface area contributed by atoms with Crippen LogP contribution in [-0.2, 0) is 0 Å². The maximum atomic E-state index is 4.50. The van der Waals surface area contributed by atoms with Crippen LogP contribution in [0.25, 0.3) is 11.5 Å². The zero-order valence-corrected chi connectivity index (χ0v) is 10.1. The van der Waals surface area contributed by atoms with Crippen LogP contribution in [-0.4, -0.2) is 33.8 Å². The molecule has 2 aromatic heterocycles. The molecular formula is C12H17N5. The molecule has 0 saturated heterocycles. The Morgan fingerprint density at radius 2 is 2.29 bits per heavy atom. The number of likely N-dealkylation sites (N-methyl/N-ethyl adjacent to an activating group) is 1. The first-order chi connectivity index (χ1) is 8.35. The lowest BCUT2D eigenvalue weighted by Gasteiger charge is -2.09. The molecule has 0 bridgehead atoms. The van der Waals surface area contributed by atoms with Crippen LogP contribution < -0.4 is 5.32 Å². The molecule has 0 aliphatic carbocycles. The summed E-state index contributed by atoms with van der Waals surface area (Å²) < 4.78 is 0. The molecule has 90 valence electrons. The van der Waals surface area contributed by atoms with Crippen LogP contribution in [0.2, 0.25) is 0 Å². The monoisotopic (exact) mass is 231 g/mol. The molecule has 2 N–H and O–H groups in total. The molecule has 0 spiro atoms. The van der Waals surface area contributed by atoms with Crippen LogP contribution in [0.4, 0.5) is 0 Å². The molecule has 0 saturated carbocycles. The molecule has 17 heavy (non-hydrogen) atoms. The van der Waals surface area contributed by atoms with Crippen LogP contribution in [0, 0.1) is 0 Å². The van der Waals surface area contributed by atoms with E-state index in [1.54, 1.807) is 6.20 Å². The van der Waals surface area contributed by atoms with E-state index in [2.05, 4.69) is 32.4 Å². The van der Waals surface area contributed by atoms with Gasteiger partial charge in [0, 0.05) is 18.7 Å². The van der Waals surface area contributed by atoms with Gasteiger partial charge in [-0.3, -0.25) is 10.1 Å². The summed E-state index contributed by atoms with van der Waals surface area (Å²) in [4.78, 5) is 8.73. The van der Waals surface area contributed by atoms with E-state index in [0.29, 0.717) is 11.7 Å². The predicted octanol–water partition coefficient (Wildman–Crippen LogP) is 1.58. The van der Waals surface area contributed by atoms with E-state index < -0.39 is 0 Å². The highest BCUT2D eigenvalue weighted by atomic mass is 15.2. The van der Waals surface area contributed by atoms with Crippen LogP contribution in [0.3, 0.4) is 0 Å². The molecular weight excluding hydrogens is 214 g/mol. The number of nitrogens with zero attached hydrogens (tertiary/aromatic N) is 3. The zero-order chi connectivity index (χ0) is 12.1. The molecule has 0 aliphatic heterocycles. The predicted molar refractivity (Wildman–Crippen MR) is 66.6 cm³/mol. The molecule has 0 amide bonds. The SMILES string of the molecule is CCC(CNC)c1nc(-c2ccccn2)n[nH]1. The van der Waals surface area contributed by atoms with Crippen molar-refractivity contribution in [3.05, 3.63) is 30.2 Å². The van der Waals surface area contributed by atoms with E-state index in [-0.39, 0.29) is 0 Å². The molecule has 5 nitrogen and oxygen atoms in total. The smallest absolute Gasteiger partial charge is 0.199 e. The summed E-state index contributed by atoms with van der Waals surface area (Å²) in [7, 11) is 1.94. The Hall–Kier alpha value is -1.75. The first kappa shape index (κ1) is 11.7. The van der Waals surface area contributed by atoms with Crippen LogP contribution in [0.15, 0.2) is 24.4 Å². The minimum atomic E-state index is 0.366. The summed E-state index contributed by atoms with van der Waals surface area (Å²) in [5.74, 6) is 1.95. The number of pyridine rings is 1. The van der Waals surface area contributed by atoms with E-state index in [1.165, 1.54) is 0 Å². The Labute approximate surface area is 101 Å². The van der Waals surface area contributed by atoms with Gasteiger partial charge < -0.3 is 5.32 Å². The quantitative estimate of drug-likeness (QED) is 0.820. The second-order valence-corrected chi connectivity index (χ2v) is 3.92. The molecule has 5 heteroatoms. The van der Waals surface area contributed by atoms with Gasteiger partial charge in [0.15, 0.2) is 5.82 Å². The number of aromatic nitrogens is 4. The van der Waals surface area contributed by atoms with Crippen molar-refractivity contribution in [2.24, 2.45) is 0 Å². The van der Waals surface area contributed by atoms with Crippen molar-refractivity contribution in [1.82, 2.24) is 25.5 Å². The molecule has 0 fully saturated rings. The van der Waals surface area contributed by atoms with E-state index >= 15 is 0 Å². The van der Waals surface area contributed by atoms with Crippen LogP contribution in [0.1, 0.15) is 25.1 Å². The van der Waals surface area contributed by atoms with Crippen molar-refractivity contribution in [2.45, 2.75) is 19.3 Å². The van der Waals surface area contributed by atoms with Gasteiger partial charge in [0.25, 0.3) is 0 Å². The summed E-state index contributed by atoms with van der Waals surface area (Å²) in [5, 5.41) is 10.4. The minimum Gasteiger partial charge on any atom is -0.319 e. The van der Waals surface area contributed by atoms with E-state index in [1.807, 2.05) is 25.2 Å². The fraction of sp³-hybridized carbons (Fsp3) is 0.417. The number of hydrogen-bond donors (Lipinski definition) is 2. The molecule has 1 unspecified atom stereocenters. The number of rotatable bonds is 5. The Morgan fingerprint density at radius 1 is 1.41 bits per heavy atom. The van der Waals surface area contributed by atoms with Gasteiger partial charge in [-0.2, -0.15) is 5.10 Å². The van der Waals surface area contributed by atoms with Gasteiger partial charge in [0.2, 0.25) is 0 Å². The first-order valence-corrected chi connectivity index (χ1v) is 5.83. The molecule has 0 radical (unpaired) electrons. The third-order valence-electron chi connectivity index (χ3n) is 2.73. The summed E-state index contributed by atoms with van der Waals surface area (Å²) in [6, 6.07) is 5.72. The Morgan fingerprint density at radius 3 is 2.94 bits per heavy atom. The van der Waals surface area contributed by atoms with E-state index in [9.17, 15) is 0 Å². The minimum absolute atomic E-state index is 0.366. The van der Waals surface area contributed by atoms with Gasteiger partial charge >= 0.3 is 0 Å². The molecule has 0 aromatic carbocycles. The highest BCUT2D eigenvalue weighted by molar-refractivity contribution is 5.47. The summed E-state index contributed by atoms with van der Waals surface area (Å²) >= 11 is 0. The highest BCUT2D eigenvalue weighted by Crippen LogP contribution is 2.17. The zero-order valence-electron chi connectivity index (χ0n) is 10.1. The second kappa shape index (κ2) is 5.54. The van der Waals surface area contributed by atoms with Crippen molar-refractivity contribution < 1.29 is 0 Å². The fourth-order valence-electron chi connectivity index (χ4n) is 1.75. The van der Waals surface area contributed by atoms with Gasteiger partial charge in [-0.05, 0) is 25.6 Å². The Balaban J connectivity index is 2.21. The van der Waals surface area contributed by atoms with Gasteiger partial charge in [-0.1, -0.05) is 13.0 Å². The van der Waals surface area contributed by atoms with Crippen molar-refractivity contribution in [2.75, 3.05) is 13.6 Å². The lowest BCUT2D eigenvalue weighted by Crippen LogP contribution is -2.17. The van der Waals surface area contributed by atoms with Crippen LogP contribution >= 0.6 is 0 Å². The summed E-state index contributed by atoms with van der Waals surface area (Å²) in [5.41, 5.74) is 0.800. The fourth-order valence-corrected chi connectivity index (χ4v) is 1.75. The average molecular weight is 231 g/mol. The van der Waals surface area contributed by atoms with Gasteiger partial charge in [0.05, 0.1) is 0 Å². The van der Waals surface area contributed by atoms with Gasteiger partial charge in [-0.15, -0.1) is 0 Å². The average Bonchev–Trinajstić information content (AvgIpc) is 2.86. The maximum Gasteiger partial charge on any atom is 0.199 e. The molecule has 2 heterocycles. The van der Waals surface area contributed by atoms with Crippen molar-refractivity contribution in [3.8, 4) is 11.5 Å².